The molecule has 0 saturated heterocycles. The molecule has 0 bridgehead atoms. The summed E-state index contributed by atoms with van der Waals surface area (Å²) in [5.41, 5.74) is 5.92. The molecule has 0 spiro atoms. The van der Waals surface area contributed by atoms with E-state index in [2.05, 4.69) is 61.6 Å². The van der Waals surface area contributed by atoms with Gasteiger partial charge in [-0.2, -0.15) is 5.10 Å². The van der Waals surface area contributed by atoms with Crippen molar-refractivity contribution in [3.63, 3.8) is 0 Å². The van der Waals surface area contributed by atoms with Gasteiger partial charge in [0.2, 0.25) is 4.80 Å². The van der Waals surface area contributed by atoms with Crippen molar-refractivity contribution in [1.29, 1.82) is 0 Å². The Morgan fingerprint density at radius 3 is 2.58 bits per heavy atom. The maximum absolute atomic E-state index is 4.71. The normalized spacial score (nSPS) is 12.2. The second kappa shape index (κ2) is 7.41. The number of hydrogen-bond acceptors (Lipinski definition) is 3. The van der Waals surface area contributed by atoms with Crippen molar-refractivity contribution in [1.82, 2.24) is 4.68 Å². The molecule has 0 aliphatic heterocycles. The minimum atomic E-state index is 0.667. The highest BCUT2D eigenvalue weighted by Gasteiger charge is 2.00. The van der Waals surface area contributed by atoms with E-state index < -0.39 is 0 Å². The van der Waals surface area contributed by atoms with E-state index in [-0.39, 0.29) is 0 Å². The van der Waals surface area contributed by atoms with Crippen molar-refractivity contribution in [2.75, 3.05) is 0 Å². The van der Waals surface area contributed by atoms with Crippen LogP contribution in [0.25, 0.3) is 0 Å². The Hall–Kier alpha value is -2.46. The van der Waals surface area contributed by atoms with Crippen LogP contribution >= 0.6 is 11.3 Å². The molecule has 4 heteroatoms. The van der Waals surface area contributed by atoms with Crippen LogP contribution < -0.4 is 4.80 Å². The Morgan fingerprint density at radius 2 is 1.83 bits per heavy atom. The smallest absolute Gasteiger partial charge is 0.206 e. The van der Waals surface area contributed by atoms with Crippen LogP contribution in [0.5, 0.6) is 0 Å². The molecular formula is C20H21N3S. The van der Waals surface area contributed by atoms with Gasteiger partial charge in [-0.05, 0) is 37.5 Å². The second-order valence-corrected chi connectivity index (χ2v) is 6.71. The lowest BCUT2D eigenvalue weighted by molar-refractivity contribution is 0.787. The zero-order valence-electron chi connectivity index (χ0n) is 14.2. The second-order valence-electron chi connectivity index (χ2n) is 5.88. The Labute approximate surface area is 146 Å². The van der Waals surface area contributed by atoms with E-state index in [0.717, 1.165) is 16.1 Å². The van der Waals surface area contributed by atoms with Crippen molar-refractivity contribution in [2.45, 2.75) is 27.3 Å². The first kappa shape index (κ1) is 16.4. The molecule has 0 unspecified atom stereocenters. The first-order chi connectivity index (χ1) is 11.6. The molecule has 24 heavy (non-hydrogen) atoms. The summed E-state index contributed by atoms with van der Waals surface area (Å²) in [6.45, 7) is 6.93. The summed E-state index contributed by atoms with van der Waals surface area (Å²) in [6.07, 6.45) is 1.91. The van der Waals surface area contributed by atoms with Crippen LogP contribution in [-0.2, 0) is 6.54 Å². The van der Waals surface area contributed by atoms with Gasteiger partial charge in [0, 0.05) is 5.38 Å². The van der Waals surface area contributed by atoms with E-state index in [0.29, 0.717) is 6.54 Å². The molecule has 0 saturated carbocycles. The number of thiazole rings is 1. The lowest BCUT2D eigenvalue weighted by Crippen LogP contribution is -2.12. The third-order valence-corrected chi connectivity index (χ3v) is 4.80. The van der Waals surface area contributed by atoms with E-state index in [1.54, 1.807) is 11.3 Å². The van der Waals surface area contributed by atoms with E-state index in [1.165, 1.54) is 16.7 Å². The van der Waals surface area contributed by atoms with Crippen LogP contribution in [0, 0.1) is 20.8 Å². The summed E-state index contributed by atoms with van der Waals surface area (Å²) < 4.78 is 1.91. The summed E-state index contributed by atoms with van der Waals surface area (Å²) in [4.78, 5) is 5.63. The topological polar surface area (TPSA) is 29.6 Å². The summed E-state index contributed by atoms with van der Waals surface area (Å²) >= 11 is 1.62. The van der Waals surface area contributed by atoms with Crippen LogP contribution in [0.1, 0.15) is 27.9 Å². The van der Waals surface area contributed by atoms with Crippen molar-refractivity contribution in [2.24, 2.45) is 10.1 Å². The predicted molar refractivity (Wildman–Crippen MR) is 102 cm³/mol. The van der Waals surface area contributed by atoms with Gasteiger partial charge in [0.05, 0.1) is 18.5 Å². The maximum atomic E-state index is 4.71. The maximum Gasteiger partial charge on any atom is 0.206 e. The molecule has 1 aromatic heterocycles. The zero-order valence-corrected chi connectivity index (χ0v) is 15.0. The third kappa shape index (κ3) is 3.89. The monoisotopic (exact) mass is 335 g/mol. The van der Waals surface area contributed by atoms with Crippen LogP contribution in [-0.4, -0.2) is 10.9 Å². The molecule has 3 rings (SSSR count). The zero-order chi connectivity index (χ0) is 16.9. The lowest BCUT2D eigenvalue weighted by atomic mass is 10.1. The number of nitrogens with zero attached hydrogens (tertiary/aromatic N) is 3. The van der Waals surface area contributed by atoms with Gasteiger partial charge in [-0.25, -0.2) is 4.68 Å². The van der Waals surface area contributed by atoms with Crippen molar-refractivity contribution < 1.29 is 0 Å². The summed E-state index contributed by atoms with van der Waals surface area (Å²) in [5.74, 6) is 0. The number of aromatic nitrogens is 1. The Morgan fingerprint density at radius 1 is 1.04 bits per heavy atom. The van der Waals surface area contributed by atoms with E-state index in [1.807, 2.05) is 29.1 Å². The highest BCUT2D eigenvalue weighted by Crippen LogP contribution is 2.09. The lowest BCUT2D eigenvalue weighted by Gasteiger charge is -2.02. The fourth-order valence-electron chi connectivity index (χ4n) is 2.47. The van der Waals surface area contributed by atoms with Gasteiger partial charge in [0.15, 0.2) is 0 Å². The SMILES string of the molecule is Cc1ccc(C=Nn2c(C)csc2=NCc2ccccc2)c(C)c1. The summed E-state index contributed by atoms with van der Waals surface area (Å²) in [7, 11) is 0. The first-order valence-corrected chi connectivity index (χ1v) is 8.84. The number of benzene rings is 2. The van der Waals surface area contributed by atoms with Gasteiger partial charge >= 0.3 is 0 Å². The number of aryl methyl sites for hydroxylation is 3. The minimum Gasteiger partial charge on any atom is -0.253 e. The molecule has 2 aromatic carbocycles. The van der Waals surface area contributed by atoms with Crippen molar-refractivity contribution in [3.05, 3.63) is 86.7 Å². The number of hydrogen-bond donors (Lipinski definition) is 0. The fraction of sp³-hybridized carbons (Fsp3) is 0.200. The van der Waals surface area contributed by atoms with Gasteiger partial charge in [0.1, 0.15) is 0 Å². The average Bonchev–Trinajstić information content (AvgIpc) is 2.93. The average molecular weight is 335 g/mol. The molecule has 0 amide bonds. The van der Waals surface area contributed by atoms with Gasteiger partial charge in [0.25, 0.3) is 0 Å². The Balaban J connectivity index is 1.88. The quantitative estimate of drug-likeness (QED) is 0.630. The molecule has 0 radical (unpaired) electrons. The van der Waals surface area contributed by atoms with E-state index >= 15 is 0 Å². The van der Waals surface area contributed by atoms with E-state index in [4.69, 9.17) is 4.99 Å². The first-order valence-electron chi connectivity index (χ1n) is 7.96. The van der Waals surface area contributed by atoms with Crippen molar-refractivity contribution >= 4 is 17.6 Å². The van der Waals surface area contributed by atoms with Gasteiger partial charge in [-0.3, -0.25) is 4.99 Å². The van der Waals surface area contributed by atoms with E-state index in [9.17, 15) is 0 Å². The highest BCUT2D eigenvalue weighted by molar-refractivity contribution is 7.07. The Bertz CT molecular complexity index is 918. The van der Waals surface area contributed by atoms with Crippen LogP contribution in [0.2, 0.25) is 0 Å². The summed E-state index contributed by atoms with van der Waals surface area (Å²) in [6, 6.07) is 16.7. The minimum absolute atomic E-state index is 0.667. The van der Waals surface area contributed by atoms with Gasteiger partial charge in [-0.15, -0.1) is 11.3 Å². The molecule has 0 fully saturated rings. The highest BCUT2D eigenvalue weighted by atomic mass is 32.1. The molecule has 0 atom stereocenters. The van der Waals surface area contributed by atoms with Crippen LogP contribution in [0.3, 0.4) is 0 Å². The largest absolute Gasteiger partial charge is 0.253 e. The fourth-order valence-corrected chi connectivity index (χ4v) is 3.27. The Kier molecular flexibility index (Phi) is 5.06. The molecule has 122 valence electrons. The summed E-state index contributed by atoms with van der Waals surface area (Å²) in [5, 5.41) is 6.73. The molecule has 3 nitrogen and oxygen atoms in total. The number of rotatable bonds is 4. The molecule has 3 aromatic rings. The molecule has 1 heterocycles. The van der Waals surface area contributed by atoms with Crippen LogP contribution in [0.4, 0.5) is 0 Å². The van der Waals surface area contributed by atoms with Gasteiger partial charge in [-0.1, -0.05) is 54.1 Å². The van der Waals surface area contributed by atoms with Gasteiger partial charge < -0.3 is 0 Å². The molecular weight excluding hydrogens is 314 g/mol. The van der Waals surface area contributed by atoms with Crippen LogP contribution in [0.15, 0.2) is 64.0 Å². The van der Waals surface area contributed by atoms with Crippen molar-refractivity contribution in [3.8, 4) is 0 Å². The molecule has 0 aliphatic rings. The molecule has 0 N–H and O–H groups in total. The standard InChI is InChI=1S/C20H21N3S/c1-15-9-10-19(16(2)11-15)13-22-23-17(3)14-24-20(23)21-12-18-7-5-4-6-8-18/h4-11,13-14H,12H2,1-3H3. The predicted octanol–water partition coefficient (Wildman–Crippen LogP) is 4.46. The molecule has 0 aliphatic carbocycles. The third-order valence-electron chi connectivity index (χ3n) is 3.83.